The molecule has 8 nitrogen and oxygen atoms in total. The van der Waals surface area contributed by atoms with E-state index in [0.29, 0.717) is 11.0 Å². The van der Waals surface area contributed by atoms with Gasteiger partial charge < -0.3 is 20.3 Å². The quantitative estimate of drug-likeness (QED) is 0.406. The van der Waals surface area contributed by atoms with E-state index < -0.39 is 24.0 Å². The number of carbonyl (C=O) groups is 4. The first-order valence-electron chi connectivity index (χ1n) is 7.66. The molecule has 0 radical (unpaired) electrons. The molecule has 24 heavy (non-hydrogen) atoms. The van der Waals surface area contributed by atoms with Gasteiger partial charge >= 0.3 is 5.97 Å². The van der Waals surface area contributed by atoms with Gasteiger partial charge in [0.05, 0.1) is 27.6 Å². The molecule has 0 aliphatic rings. The molecule has 0 aliphatic carbocycles. The molecule has 0 aromatic carbocycles. The summed E-state index contributed by atoms with van der Waals surface area (Å²) in [6.07, 6.45) is -0.260. The zero-order valence-corrected chi connectivity index (χ0v) is 15.8. The molecule has 0 rings (SSSR count). The van der Waals surface area contributed by atoms with Crippen molar-refractivity contribution in [2.45, 2.75) is 38.8 Å². The van der Waals surface area contributed by atoms with Crippen LogP contribution in [-0.2, 0) is 23.9 Å². The minimum atomic E-state index is -0.911. The Labute approximate surface area is 147 Å². The average Bonchev–Trinajstić information content (AvgIpc) is 2.40. The minimum Gasteiger partial charge on any atom is -0.456 e. The number of thioether (sulfide) groups is 1. The lowest BCUT2D eigenvalue weighted by Gasteiger charge is -2.28. The Balaban J connectivity index is 4.66. The van der Waals surface area contributed by atoms with Crippen LogP contribution in [0.1, 0.15) is 26.7 Å². The summed E-state index contributed by atoms with van der Waals surface area (Å²) in [5, 5.41) is 2.16. The van der Waals surface area contributed by atoms with E-state index in [1.165, 1.54) is 6.92 Å². The van der Waals surface area contributed by atoms with Crippen molar-refractivity contribution in [2.75, 3.05) is 33.4 Å². The topological polar surface area (TPSA) is 116 Å². The van der Waals surface area contributed by atoms with Crippen LogP contribution in [-0.4, -0.2) is 73.0 Å². The number of esters is 1. The lowest BCUT2D eigenvalue weighted by Crippen LogP contribution is -2.45. The van der Waals surface area contributed by atoms with E-state index in [1.807, 2.05) is 21.1 Å². The Morgan fingerprint density at radius 2 is 1.79 bits per heavy atom. The van der Waals surface area contributed by atoms with E-state index in [9.17, 15) is 19.2 Å². The molecule has 0 aliphatic heterocycles. The number of primary amides is 1. The number of carbonyl (C=O) groups excluding carboxylic acids is 4. The van der Waals surface area contributed by atoms with Crippen LogP contribution in [0.2, 0.25) is 0 Å². The number of hydrogen-bond acceptors (Lipinski definition) is 6. The normalized spacial score (nSPS) is 13.7. The fourth-order valence-electron chi connectivity index (χ4n) is 1.89. The minimum absolute atomic E-state index is 0.0392. The van der Waals surface area contributed by atoms with Gasteiger partial charge in [-0.15, -0.1) is 0 Å². The highest BCUT2D eigenvalue weighted by Crippen LogP contribution is 2.14. The first kappa shape index (κ1) is 22.4. The molecule has 0 fully saturated rings. The highest BCUT2D eigenvalue weighted by Gasteiger charge is 2.26. The van der Waals surface area contributed by atoms with E-state index in [1.54, 1.807) is 6.92 Å². The third kappa shape index (κ3) is 11.0. The smallest absolute Gasteiger partial charge is 0.306 e. The maximum atomic E-state index is 12.1. The van der Waals surface area contributed by atoms with Crippen molar-refractivity contribution in [3.05, 3.63) is 0 Å². The number of hydrogen-bond donors (Lipinski definition) is 2. The number of nitrogens with one attached hydrogen (secondary N) is 1. The van der Waals surface area contributed by atoms with Crippen LogP contribution >= 0.6 is 11.8 Å². The molecule has 0 saturated heterocycles. The second-order valence-electron chi connectivity index (χ2n) is 6.48. The van der Waals surface area contributed by atoms with Crippen molar-refractivity contribution in [1.29, 1.82) is 0 Å². The first-order valence-corrected chi connectivity index (χ1v) is 8.65. The van der Waals surface area contributed by atoms with Crippen molar-refractivity contribution < 1.29 is 28.4 Å². The summed E-state index contributed by atoms with van der Waals surface area (Å²) in [5.41, 5.74) is 5.19. The second-order valence-corrected chi connectivity index (χ2v) is 7.56. The molecular formula is C15H28N3O5S+. The Morgan fingerprint density at radius 1 is 1.21 bits per heavy atom. The van der Waals surface area contributed by atoms with Crippen LogP contribution in [0.5, 0.6) is 0 Å². The lowest BCUT2D eigenvalue weighted by atomic mass is 10.2. The number of ether oxygens (including phenoxy) is 1. The van der Waals surface area contributed by atoms with E-state index in [2.05, 4.69) is 5.32 Å². The van der Waals surface area contributed by atoms with Crippen molar-refractivity contribution in [2.24, 2.45) is 5.73 Å². The van der Waals surface area contributed by atoms with Gasteiger partial charge in [-0.25, -0.2) is 0 Å². The Kier molecular flexibility index (Phi) is 9.60. The van der Waals surface area contributed by atoms with Gasteiger partial charge in [0, 0.05) is 19.1 Å². The molecule has 0 aromatic heterocycles. The molecule has 3 N–H and O–H groups in total. The predicted molar refractivity (Wildman–Crippen MR) is 92.0 cm³/mol. The summed E-state index contributed by atoms with van der Waals surface area (Å²) in [5.74, 6) is -1.41. The van der Waals surface area contributed by atoms with Crippen LogP contribution < -0.4 is 11.1 Å². The van der Waals surface area contributed by atoms with Gasteiger partial charge in [-0.2, -0.15) is 0 Å². The van der Waals surface area contributed by atoms with Gasteiger partial charge in [-0.1, -0.05) is 18.7 Å². The Bertz CT molecular complexity index is 476. The van der Waals surface area contributed by atoms with Gasteiger partial charge in [0.25, 0.3) is 0 Å². The van der Waals surface area contributed by atoms with Crippen molar-refractivity contribution in [3.8, 4) is 0 Å². The zero-order chi connectivity index (χ0) is 18.9. The van der Waals surface area contributed by atoms with Crippen LogP contribution in [0.15, 0.2) is 0 Å². The largest absolute Gasteiger partial charge is 0.456 e. The van der Waals surface area contributed by atoms with Crippen LogP contribution in [0.25, 0.3) is 0 Å². The number of amides is 2. The van der Waals surface area contributed by atoms with Crippen LogP contribution in [0.3, 0.4) is 0 Å². The molecule has 0 saturated carbocycles. The third-order valence-electron chi connectivity index (χ3n) is 2.86. The Morgan fingerprint density at radius 3 is 2.21 bits per heavy atom. The van der Waals surface area contributed by atoms with Crippen molar-refractivity contribution in [1.82, 2.24) is 5.32 Å². The summed E-state index contributed by atoms with van der Waals surface area (Å²) >= 11 is 0.891. The summed E-state index contributed by atoms with van der Waals surface area (Å²) < 4.78 is 5.85. The number of rotatable bonds is 10. The summed E-state index contributed by atoms with van der Waals surface area (Å²) in [4.78, 5) is 45.9. The molecule has 0 spiro atoms. The number of nitrogens with two attached hydrogens (primary N) is 1. The Hall–Kier alpha value is -1.61. The molecule has 0 aromatic rings. The molecular weight excluding hydrogens is 334 g/mol. The van der Waals surface area contributed by atoms with E-state index in [0.717, 1.165) is 11.8 Å². The molecule has 9 heteroatoms. The maximum absolute atomic E-state index is 12.1. The van der Waals surface area contributed by atoms with E-state index >= 15 is 0 Å². The van der Waals surface area contributed by atoms with Gasteiger partial charge in [0.2, 0.25) is 11.8 Å². The highest BCUT2D eigenvalue weighted by molar-refractivity contribution is 8.13. The summed E-state index contributed by atoms with van der Waals surface area (Å²) in [6, 6.07) is -0.911. The maximum Gasteiger partial charge on any atom is 0.306 e. The number of likely N-dealkylation sites (N-methyl/N-ethyl adjacent to an activating group) is 1. The van der Waals surface area contributed by atoms with Crippen molar-refractivity contribution in [3.63, 3.8) is 0 Å². The van der Waals surface area contributed by atoms with Crippen LogP contribution in [0.4, 0.5) is 0 Å². The van der Waals surface area contributed by atoms with E-state index in [-0.39, 0.29) is 29.7 Å². The molecule has 1 unspecified atom stereocenters. The average molecular weight is 362 g/mol. The highest BCUT2D eigenvalue weighted by atomic mass is 32.2. The first-order chi connectivity index (χ1) is 10.9. The molecule has 2 amide bonds. The van der Waals surface area contributed by atoms with Gasteiger partial charge in [0.15, 0.2) is 11.2 Å². The number of nitrogens with zero attached hydrogens (tertiary/aromatic N) is 1. The van der Waals surface area contributed by atoms with Gasteiger partial charge in [0.1, 0.15) is 12.6 Å². The second kappa shape index (κ2) is 10.3. The third-order valence-corrected chi connectivity index (χ3v) is 3.85. The van der Waals surface area contributed by atoms with Crippen molar-refractivity contribution >= 4 is 34.7 Å². The van der Waals surface area contributed by atoms with E-state index in [4.69, 9.17) is 10.5 Å². The SMILES string of the molecule is CCC(=O)O[C@H](CC(=O)SCC(NC(C)=O)C(N)=O)C[N+](C)(C)C. The standard InChI is InChI=1S/C15H27N3O5S/c1-6-13(20)23-11(8-18(3,4)5)7-14(21)24-9-12(15(16)22)17-10(2)19/h11-12H,6-9H2,1-5H3,(H2-,16,17,19,22)/p+1/t11-,12?/m1/s1. The summed E-state index contributed by atoms with van der Waals surface area (Å²) in [6.45, 7) is 3.44. The van der Waals surface area contributed by atoms with Gasteiger partial charge in [-0.3, -0.25) is 19.2 Å². The molecule has 0 heterocycles. The summed E-state index contributed by atoms with van der Waals surface area (Å²) in [7, 11) is 5.80. The monoisotopic (exact) mass is 362 g/mol. The predicted octanol–water partition coefficient (Wildman–Crippen LogP) is -0.346. The molecule has 0 bridgehead atoms. The van der Waals surface area contributed by atoms with Crippen LogP contribution in [0, 0.1) is 0 Å². The van der Waals surface area contributed by atoms with Gasteiger partial charge in [-0.05, 0) is 0 Å². The molecule has 138 valence electrons. The molecule has 2 atom stereocenters. The lowest BCUT2D eigenvalue weighted by molar-refractivity contribution is -0.873. The fraction of sp³-hybridized carbons (Fsp3) is 0.733. The zero-order valence-electron chi connectivity index (χ0n) is 15.0. The number of quaternary nitrogens is 1. The fourth-order valence-corrected chi connectivity index (χ4v) is 2.79.